The Morgan fingerprint density at radius 1 is 1.21 bits per heavy atom. The topological polar surface area (TPSA) is 93.1 Å². The predicted octanol–water partition coefficient (Wildman–Crippen LogP) is 2.68. The fourth-order valence-corrected chi connectivity index (χ4v) is 2.76. The summed E-state index contributed by atoms with van der Waals surface area (Å²) in [6, 6.07) is 0.126. The lowest BCUT2D eigenvalue weighted by Crippen LogP contribution is -2.46. The van der Waals surface area contributed by atoms with Crippen LogP contribution >= 0.6 is 0 Å². The number of carbonyl (C=O) groups excluding carboxylic acids is 3. The molecule has 7 nitrogen and oxygen atoms in total. The first kappa shape index (κ1) is 22.1. The van der Waals surface area contributed by atoms with Gasteiger partial charge in [0.15, 0.2) is 0 Å². The minimum atomic E-state index is -4.71. The number of halogens is 4. The number of nitrogens with one attached hydrogen (secondary N) is 2. The lowest BCUT2D eigenvalue weighted by atomic mass is 10.1. The van der Waals surface area contributed by atoms with Crippen molar-refractivity contribution in [1.82, 2.24) is 14.9 Å². The molecular weight excluding hydrogens is 396 g/mol. The summed E-state index contributed by atoms with van der Waals surface area (Å²) in [7, 11) is 1.40. The molecule has 0 aromatic carbocycles. The first-order valence-electron chi connectivity index (χ1n) is 8.35. The molecule has 0 aliphatic carbocycles. The third-order valence-corrected chi connectivity index (χ3v) is 4.40. The van der Waals surface area contributed by atoms with Crippen molar-refractivity contribution < 1.29 is 31.9 Å². The number of anilines is 1. The van der Waals surface area contributed by atoms with Crippen molar-refractivity contribution in [3.05, 3.63) is 46.8 Å². The standard InChI is InChI=1S/C18H18F4N4O3/c1-8-13(16(28)25-11-5-6-23-12(19)7-11)9(2)26(4)14(8)15(27)17(29)24-10(3)18(20,21)22/h5-7,10H,1-4H3,(H,24,29)(H,23,25,28)/t10-/m0/s1. The maximum Gasteiger partial charge on any atom is 0.408 e. The van der Waals surface area contributed by atoms with Gasteiger partial charge in [-0.2, -0.15) is 17.6 Å². The molecule has 2 N–H and O–H groups in total. The summed E-state index contributed by atoms with van der Waals surface area (Å²) in [6.45, 7) is 3.60. The van der Waals surface area contributed by atoms with Gasteiger partial charge >= 0.3 is 6.18 Å². The molecule has 2 amide bonds. The smallest absolute Gasteiger partial charge is 0.344 e. The van der Waals surface area contributed by atoms with Gasteiger partial charge in [-0.15, -0.1) is 0 Å². The van der Waals surface area contributed by atoms with Crippen LogP contribution in [0.1, 0.15) is 39.0 Å². The molecule has 156 valence electrons. The van der Waals surface area contributed by atoms with E-state index in [1.807, 2.05) is 0 Å². The maximum atomic E-state index is 13.2. The van der Waals surface area contributed by atoms with Gasteiger partial charge in [0.05, 0.1) is 11.3 Å². The second-order valence-electron chi connectivity index (χ2n) is 6.38. The van der Waals surface area contributed by atoms with E-state index in [1.165, 1.54) is 31.5 Å². The Kier molecular flexibility index (Phi) is 6.10. The van der Waals surface area contributed by atoms with E-state index < -0.39 is 35.8 Å². The Morgan fingerprint density at radius 2 is 1.83 bits per heavy atom. The summed E-state index contributed by atoms with van der Waals surface area (Å²) < 4.78 is 52.3. The van der Waals surface area contributed by atoms with E-state index in [0.29, 0.717) is 12.6 Å². The Labute approximate surface area is 163 Å². The first-order chi connectivity index (χ1) is 13.3. The van der Waals surface area contributed by atoms with Crippen molar-refractivity contribution in [1.29, 1.82) is 0 Å². The molecule has 0 aliphatic heterocycles. The Bertz CT molecular complexity index is 982. The van der Waals surface area contributed by atoms with Gasteiger partial charge in [-0.3, -0.25) is 14.4 Å². The van der Waals surface area contributed by atoms with Gasteiger partial charge in [0.25, 0.3) is 17.6 Å². The highest BCUT2D eigenvalue weighted by atomic mass is 19.4. The van der Waals surface area contributed by atoms with E-state index in [0.717, 1.165) is 12.3 Å². The monoisotopic (exact) mass is 414 g/mol. The zero-order chi connectivity index (χ0) is 22.1. The van der Waals surface area contributed by atoms with Gasteiger partial charge in [-0.1, -0.05) is 0 Å². The molecule has 0 saturated carbocycles. The predicted molar refractivity (Wildman–Crippen MR) is 95.0 cm³/mol. The summed E-state index contributed by atoms with van der Waals surface area (Å²) >= 11 is 0. The Morgan fingerprint density at radius 3 is 2.38 bits per heavy atom. The minimum absolute atomic E-state index is 0.0461. The molecule has 0 radical (unpaired) electrons. The van der Waals surface area contributed by atoms with Crippen LogP contribution in [0.4, 0.5) is 23.2 Å². The van der Waals surface area contributed by atoms with Crippen molar-refractivity contribution in [2.45, 2.75) is 33.0 Å². The molecule has 2 aromatic rings. The third kappa shape index (κ3) is 4.61. The highest BCUT2D eigenvalue weighted by Crippen LogP contribution is 2.24. The van der Waals surface area contributed by atoms with Crippen LogP contribution in [0, 0.1) is 19.8 Å². The second kappa shape index (κ2) is 8.02. The van der Waals surface area contributed by atoms with Gasteiger partial charge < -0.3 is 15.2 Å². The summed E-state index contributed by atoms with van der Waals surface area (Å²) in [6.07, 6.45) is -3.56. The lowest BCUT2D eigenvalue weighted by Gasteiger charge is -2.16. The normalized spacial score (nSPS) is 12.4. The average Bonchev–Trinajstić information content (AvgIpc) is 2.82. The number of ketones is 1. The number of nitrogens with zero attached hydrogens (tertiary/aromatic N) is 2. The van der Waals surface area contributed by atoms with Crippen LogP contribution in [0.2, 0.25) is 0 Å². The molecule has 0 saturated heterocycles. The number of amides is 2. The SMILES string of the molecule is Cc1c(C(=O)Nc2ccnc(F)c2)c(C)n(C)c1C(=O)C(=O)N[C@@H](C)C(F)(F)F. The number of hydrogen-bond donors (Lipinski definition) is 2. The van der Waals surface area contributed by atoms with E-state index in [9.17, 15) is 31.9 Å². The molecule has 29 heavy (non-hydrogen) atoms. The molecule has 11 heteroatoms. The van der Waals surface area contributed by atoms with Crippen LogP contribution in [0.25, 0.3) is 0 Å². The Balaban J connectivity index is 2.33. The van der Waals surface area contributed by atoms with Crippen molar-refractivity contribution in [3.8, 4) is 0 Å². The Hall–Kier alpha value is -3.24. The van der Waals surface area contributed by atoms with E-state index >= 15 is 0 Å². The fourth-order valence-electron chi connectivity index (χ4n) is 2.76. The maximum absolute atomic E-state index is 13.2. The van der Waals surface area contributed by atoms with Crippen molar-refractivity contribution in [3.63, 3.8) is 0 Å². The highest BCUT2D eigenvalue weighted by Gasteiger charge is 2.39. The molecule has 0 fully saturated rings. The quantitative estimate of drug-likeness (QED) is 0.341. The number of aromatic nitrogens is 2. The molecule has 1 atom stereocenters. The zero-order valence-corrected chi connectivity index (χ0v) is 15.9. The number of carbonyl (C=O) groups is 3. The summed E-state index contributed by atoms with van der Waals surface area (Å²) in [5.74, 6) is -4.14. The number of rotatable bonds is 5. The van der Waals surface area contributed by atoms with Gasteiger partial charge in [-0.05, 0) is 32.4 Å². The van der Waals surface area contributed by atoms with Crippen molar-refractivity contribution in [2.24, 2.45) is 7.05 Å². The molecule has 2 aromatic heterocycles. The summed E-state index contributed by atoms with van der Waals surface area (Å²) in [5.41, 5.74) is 0.353. The first-order valence-corrected chi connectivity index (χ1v) is 8.35. The van der Waals surface area contributed by atoms with E-state index in [1.54, 1.807) is 5.32 Å². The average molecular weight is 414 g/mol. The number of Topliss-reactive ketones (excluding diaryl/α,β-unsaturated/α-hetero) is 1. The number of pyridine rings is 1. The molecule has 2 rings (SSSR count). The van der Waals surface area contributed by atoms with E-state index in [2.05, 4.69) is 10.3 Å². The lowest BCUT2D eigenvalue weighted by molar-refractivity contribution is -0.156. The molecule has 2 heterocycles. The molecule has 0 unspecified atom stereocenters. The fraction of sp³-hybridized carbons (Fsp3) is 0.333. The summed E-state index contributed by atoms with van der Waals surface area (Å²) in [4.78, 5) is 40.4. The van der Waals surface area contributed by atoms with E-state index in [-0.39, 0.29) is 22.5 Å². The molecule has 0 bridgehead atoms. The van der Waals surface area contributed by atoms with Crippen molar-refractivity contribution >= 4 is 23.3 Å². The molecule has 0 spiro atoms. The number of hydrogen-bond acceptors (Lipinski definition) is 4. The van der Waals surface area contributed by atoms with Gasteiger partial charge in [0.1, 0.15) is 6.04 Å². The van der Waals surface area contributed by atoms with Gasteiger partial charge in [0, 0.05) is 30.7 Å². The second-order valence-corrected chi connectivity index (χ2v) is 6.38. The van der Waals surface area contributed by atoms with Crippen LogP contribution in [0.15, 0.2) is 18.3 Å². The van der Waals surface area contributed by atoms with E-state index in [4.69, 9.17) is 0 Å². The third-order valence-electron chi connectivity index (χ3n) is 4.40. The van der Waals surface area contributed by atoms with Crippen LogP contribution in [-0.2, 0) is 11.8 Å². The largest absolute Gasteiger partial charge is 0.408 e. The summed E-state index contributed by atoms with van der Waals surface area (Å²) in [5, 5.41) is 4.05. The van der Waals surface area contributed by atoms with Crippen LogP contribution in [-0.4, -0.2) is 39.4 Å². The zero-order valence-electron chi connectivity index (χ0n) is 15.9. The van der Waals surface area contributed by atoms with Crippen molar-refractivity contribution in [2.75, 3.05) is 5.32 Å². The molecular formula is C18H18F4N4O3. The molecule has 0 aliphatic rings. The van der Waals surface area contributed by atoms with Crippen LogP contribution in [0.3, 0.4) is 0 Å². The highest BCUT2D eigenvalue weighted by molar-refractivity contribution is 6.43. The van der Waals surface area contributed by atoms with Crippen LogP contribution < -0.4 is 10.6 Å². The minimum Gasteiger partial charge on any atom is -0.344 e. The van der Waals surface area contributed by atoms with Gasteiger partial charge in [-0.25, -0.2) is 4.98 Å². The van der Waals surface area contributed by atoms with Gasteiger partial charge in [0.2, 0.25) is 5.95 Å². The van der Waals surface area contributed by atoms with Crippen LogP contribution in [0.5, 0.6) is 0 Å². The number of alkyl halides is 3.